The van der Waals surface area contributed by atoms with Crippen LogP contribution in [-0.2, 0) is 22.6 Å². The highest BCUT2D eigenvalue weighted by Gasteiger charge is 2.16. The first-order valence-corrected chi connectivity index (χ1v) is 7.87. The fourth-order valence-electron chi connectivity index (χ4n) is 2.31. The molecular weight excluding hydrogens is 307 g/mol. The van der Waals surface area contributed by atoms with E-state index in [-0.39, 0.29) is 30.7 Å². The number of nitrogens with zero attached hydrogens (tertiary/aromatic N) is 1. The van der Waals surface area contributed by atoms with Crippen LogP contribution >= 0.6 is 0 Å². The van der Waals surface area contributed by atoms with Crippen LogP contribution in [0.2, 0.25) is 0 Å². The Balaban J connectivity index is 2.00. The third-order valence-corrected chi connectivity index (χ3v) is 3.74. The maximum Gasteiger partial charge on any atom is 0.244 e. The summed E-state index contributed by atoms with van der Waals surface area (Å²) in [4.78, 5) is 25.2. The number of nitrogens with one attached hydrogen (secondary N) is 1. The minimum Gasteiger partial charge on any atom is -0.329 e. The summed E-state index contributed by atoms with van der Waals surface area (Å²) in [6.45, 7) is 3.36. The van der Waals surface area contributed by atoms with Gasteiger partial charge in [0.25, 0.3) is 0 Å². The summed E-state index contributed by atoms with van der Waals surface area (Å²) in [5, 5.41) is 2.75. The normalized spacial score (nSPS) is 10.3. The Bertz CT molecular complexity index is 714. The van der Waals surface area contributed by atoms with Crippen molar-refractivity contribution >= 4 is 17.5 Å². The first-order chi connectivity index (χ1) is 11.5. The molecule has 2 rings (SSSR count). The van der Waals surface area contributed by atoms with E-state index < -0.39 is 0 Å². The highest BCUT2D eigenvalue weighted by atomic mass is 19.1. The fraction of sp³-hybridized carbons (Fsp3) is 0.263. The van der Waals surface area contributed by atoms with Gasteiger partial charge in [-0.1, -0.05) is 37.3 Å². The minimum atomic E-state index is -0.390. The second-order valence-corrected chi connectivity index (χ2v) is 5.57. The predicted octanol–water partition coefficient (Wildman–Crippen LogP) is 3.38. The Morgan fingerprint density at radius 1 is 1.08 bits per heavy atom. The number of rotatable bonds is 6. The van der Waals surface area contributed by atoms with E-state index in [2.05, 4.69) is 12.2 Å². The molecule has 2 aromatic rings. The molecule has 2 amide bonds. The Kier molecular flexibility index (Phi) is 6.07. The summed E-state index contributed by atoms with van der Waals surface area (Å²) in [5.74, 6) is -0.986. The van der Waals surface area contributed by atoms with Gasteiger partial charge in [-0.3, -0.25) is 9.59 Å². The molecule has 0 saturated carbocycles. The molecule has 5 heteroatoms. The molecule has 0 spiro atoms. The Labute approximate surface area is 141 Å². The quantitative estimate of drug-likeness (QED) is 0.884. The summed E-state index contributed by atoms with van der Waals surface area (Å²) >= 11 is 0. The van der Waals surface area contributed by atoms with Crippen molar-refractivity contribution in [1.82, 2.24) is 4.90 Å². The molecule has 0 unspecified atom stereocenters. The number of anilines is 1. The number of benzene rings is 2. The van der Waals surface area contributed by atoms with Gasteiger partial charge in [-0.25, -0.2) is 4.39 Å². The van der Waals surface area contributed by atoms with Crippen LogP contribution < -0.4 is 5.32 Å². The first kappa shape index (κ1) is 17.7. The van der Waals surface area contributed by atoms with E-state index in [9.17, 15) is 14.0 Å². The zero-order valence-corrected chi connectivity index (χ0v) is 13.9. The van der Waals surface area contributed by atoms with Crippen molar-refractivity contribution in [3.05, 3.63) is 65.5 Å². The van der Waals surface area contributed by atoms with Gasteiger partial charge in [-0.05, 0) is 30.2 Å². The van der Waals surface area contributed by atoms with E-state index in [0.717, 1.165) is 6.42 Å². The van der Waals surface area contributed by atoms with Crippen LogP contribution in [-0.4, -0.2) is 23.3 Å². The first-order valence-electron chi connectivity index (χ1n) is 7.87. The monoisotopic (exact) mass is 328 g/mol. The lowest BCUT2D eigenvalue weighted by atomic mass is 10.1. The largest absolute Gasteiger partial charge is 0.329 e. The summed E-state index contributed by atoms with van der Waals surface area (Å²) in [5.41, 5.74) is 2.23. The van der Waals surface area contributed by atoms with Gasteiger partial charge in [-0.2, -0.15) is 0 Å². The van der Waals surface area contributed by atoms with Crippen LogP contribution in [0, 0.1) is 5.82 Å². The SMILES string of the molecule is CCc1ccc(NC(=O)CN(Cc2ccccc2F)C(C)=O)cc1. The Morgan fingerprint density at radius 3 is 2.33 bits per heavy atom. The molecule has 0 heterocycles. The van der Waals surface area contributed by atoms with Crippen LogP contribution in [0.15, 0.2) is 48.5 Å². The second kappa shape index (κ2) is 8.24. The van der Waals surface area contributed by atoms with Crippen LogP contribution in [0.4, 0.5) is 10.1 Å². The molecule has 1 N–H and O–H groups in total. The third-order valence-electron chi connectivity index (χ3n) is 3.74. The highest BCUT2D eigenvalue weighted by molar-refractivity contribution is 5.94. The molecule has 24 heavy (non-hydrogen) atoms. The summed E-state index contributed by atoms with van der Waals surface area (Å²) in [6.07, 6.45) is 0.926. The topological polar surface area (TPSA) is 49.4 Å². The van der Waals surface area contributed by atoms with Crippen molar-refractivity contribution in [2.75, 3.05) is 11.9 Å². The zero-order chi connectivity index (χ0) is 17.5. The van der Waals surface area contributed by atoms with Gasteiger partial charge < -0.3 is 10.2 Å². The second-order valence-electron chi connectivity index (χ2n) is 5.57. The van der Waals surface area contributed by atoms with E-state index in [1.54, 1.807) is 18.2 Å². The average molecular weight is 328 g/mol. The van der Waals surface area contributed by atoms with E-state index >= 15 is 0 Å². The van der Waals surface area contributed by atoms with Crippen molar-refractivity contribution < 1.29 is 14.0 Å². The van der Waals surface area contributed by atoms with Gasteiger partial charge >= 0.3 is 0 Å². The number of carbonyl (C=O) groups excluding carboxylic acids is 2. The van der Waals surface area contributed by atoms with Crippen molar-refractivity contribution in [2.45, 2.75) is 26.8 Å². The molecule has 0 atom stereocenters. The number of carbonyl (C=O) groups is 2. The van der Waals surface area contributed by atoms with Crippen molar-refractivity contribution in [3.8, 4) is 0 Å². The molecule has 0 aliphatic rings. The average Bonchev–Trinajstić information content (AvgIpc) is 2.56. The van der Waals surface area contributed by atoms with Crippen molar-refractivity contribution in [3.63, 3.8) is 0 Å². The van der Waals surface area contributed by atoms with Crippen LogP contribution in [0.3, 0.4) is 0 Å². The lowest BCUT2D eigenvalue weighted by molar-refractivity contribution is -0.133. The molecular formula is C19H21FN2O2. The molecule has 2 aromatic carbocycles. The zero-order valence-electron chi connectivity index (χ0n) is 13.9. The summed E-state index contributed by atoms with van der Waals surface area (Å²) < 4.78 is 13.7. The minimum absolute atomic E-state index is 0.0597. The third kappa shape index (κ3) is 4.91. The van der Waals surface area contributed by atoms with Crippen molar-refractivity contribution in [2.24, 2.45) is 0 Å². The molecule has 0 aliphatic carbocycles. The van der Waals surface area contributed by atoms with Crippen molar-refractivity contribution in [1.29, 1.82) is 0 Å². The summed E-state index contributed by atoms with van der Waals surface area (Å²) in [7, 11) is 0. The molecule has 4 nitrogen and oxygen atoms in total. The van der Waals surface area contributed by atoms with Crippen LogP contribution in [0.1, 0.15) is 25.0 Å². The molecule has 0 aliphatic heterocycles. The number of halogens is 1. The number of aryl methyl sites for hydroxylation is 1. The van der Waals surface area contributed by atoms with E-state index in [1.807, 2.05) is 24.3 Å². The molecule has 0 bridgehead atoms. The van der Waals surface area contributed by atoms with Gasteiger partial charge in [-0.15, -0.1) is 0 Å². The van der Waals surface area contributed by atoms with Gasteiger partial charge in [0.1, 0.15) is 12.4 Å². The maximum absolute atomic E-state index is 13.7. The Hall–Kier alpha value is -2.69. The number of hydrogen-bond donors (Lipinski definition) is 1. The fourth-order valence-corrected chi connectivity index (χ4v) is 2.31. The van der Waals surface area contributed by atoms with E-state index in [1.165, 1.54) is 23.5 Å². The van der Waals surface area contributed by atoms with Gasteiger partial charge in [0.05, 0.1) is 0 Å². The molecule has 0 aromatic heterocycles. The number of hydrogen-bond acceptors (Lipinski definition) is 2. The van der Waals surface area contributed by atoms with Crippen LogP contribution in [0.25, 0.3) is 0 Å². The molecule has 0 fully saturated rings. The lowest BCUT2D eigenvalue weighted by Gasteiger charge is -2.21. The van der Waals surface area contributed by atoms with Gasteiger partial charge in [0.2, 0.25) is 11.8 Å². The maximum atomic E-state index is 13.7. The number of amides is 2. The highest BCUT2D eigenvalue weighted by Crippen LogP contribution is 2.12. The van der Waals surface area contributed by atoms with Gasteiger partial charge in [0.15, 0.2) is 0 Å². The molecule has 0 radical (unpaired) electrons. The van der Waals surface area contributed by atoms with E-state index in [4.69, 9.17) is 0 Å². The lowest BCUT2D eigenvalue weighted by Crippen LogP contribution is -2.36. The van der Waals surface area contributed by atoms with E-state index in [0.29, 0.717) is 11.3 Å². The van der Waals surface area contributed by atoms with Crippen LogP contribution in [0.5, 0.6) is 0 Å². The predicted molar refractivity (Wildman–Crippen MR) is 91.9 cm³/mol. The van der Waals surface area contributed by atoms with Gasteiger partial charge in [0, 0.05) is 24.7 Å². The summed E-state index contributed by atoms with van der Waals surface area (Å²) in [6, 6.07) is 13.8. The smallest absolute Gasteiger partial charge is 0.244 e. The standard InChI is InChI=1S/C19H21FN2O2/c1-3-15-8-10-17(11-9-15)21-19(24)13-22(14(2)23)12-16-6-4-5-7-18(16)20/h4-11H,3,12-13H2,1-2H3,(H,21,24). The molecule has 0 saturated heterocycles. The molecule has 126 valence electrons. The Morgan fingerprint density at radius 2 is 1.75 bits per heavy atom.